The van der Waals surface area contributed by atoms with E-state index in [4.69, 9.17) is 5.73 Å². The number of halogens is 3. The lowest BCUT2D eigenvalue weighted by Gasteiger charge is -2.24. The molecule has 2 N–H and O–H groups in total. The summed E-state index contributed by atoms with van der Waals surface area (Å²) in [6.45, 7) is 0.0440. The van der Waals surface area contributed by atoms with Gasteiger partial charge in [0.15, 0.2) is 5.78 Å². The van der Waals surface area contributed by atoms with Crippen LogP contribution in [0, 0.1) is 0 Å². The fourth-order valence-corrected chi connectivity index (χ4v) is 8.36. The molecule has 59 heavy (non-hydrogen) atoms. The Balaban J connectivity index is 0.000000201. The van der Waals surface area contributed by atoms with Gasteiger partial charge in [0.25, 0.3) is 20.0 Å². The van der Waals surface area contributed by atoms with E-state index in [1.54, 1.807) is 97.1 Å². The van der Waals surface area contributed by atoms with E-state index in [2.05, 4.69) is 24.6 Å². The Morgan fingerprint density at radius 3 is 1.46 bits per heavy atom. The summed E-state index contributed by atoms with van der Waals surface area (Å²) >= 11 is 0. The fraction of sp³-hybridized carbons (Fsp3) is 0.0976. The number of carbonyl (C=O) groups is 1. The van der Waals surface area contributed by atoms with Crippen LogP contribution < -0.4 is 14.3 Å². The molecule has 0 aliphatic rings. The number of anilines is 2. The number of pyridine rings is 2. The normalized spacial score (nSPS) is 11.6. The van der Waals surface area contributed by atoms with E-state index in [0.29, 0.717) is 22.5 Å². The monoisotopic (exact) mass is 841 g/mol. The topological polar surface area (TPSA) is 183 Å². The van der Waals surface area contributed by atoms with E-state index in [0.717, 1.165) is 5.56 Å². The summed E-state index contributed by atoms with van der Waals surface area (Å²) in [7, 11) is -7.72. The van der Waals surface area contributed by atoms with Crippen LogP contribution in [0.2, 0.25) is 0 Å². The maximum absolute atomic E-state index is 13.3. The van der Waals surface area contributed by atoms with E-state index in [1.165, 1.54) is 63.7 Å². The van der Waals surface area contributed by atoms with Crippen LogP contribution in [0.5, 0.6) is 0 Å². The number of ketones is 1. The Bertz CT molecular complexity index is 2680. The Morgan fingerprint density at radius 1 is 0.610 bits per heavy atom. The second-order valence-corrected chi connectivity index (χ2v) is 16.2. The van der Waals surface area contributed by atoms with E-state index in [9.17, 15) is 34.8 Å². The number of para-hydroxylation sites is 2. The minimum absolute atomic E-state index is 0.0147. The number of benzene rings is 4. The Kier molecular flexibility index (Phi) is 12.9. The highest BCUT2D eigenvalue weighted by molar-refractivity contribution is 7.93. The van der Waals surface area contributed by atoms with Crippen molar-refractivity contribution in [3.63, 3.8) is 0 Å². The minimum atomic E-state index is -4.73. The van der Waals surface area contributed by atoms with E-state index >= 15 is 0 Å². The number of alkyl halides is 3. The van der Waals surface area contributed by atoms with Gasteiger partial charge in [-0.2, -0.15) is 13.2 Å². The van der Waals surface area contributed by atoms with Crippen LogP contribution in [0.3, 0.4) is 0 Å². The standard InChI is InChI=1S/C21H15F3N4O3S.C20H19N3O3S/c22-21(23,24)20-27-26-19(31-20)16-10-8-15(9-11-16)14-28(17-5-2-1-3-6-17)32(29,30)18-7-4-12-25-13-18;21-13-20(24)17-10-8-16(9-11-17)15-23(18-5-2-1-3-6-18)27(25,26)19-7-4-12-22-14-19/h1-13H,14H2;1-12,14H,13,15,21H2. The average Bonchev–Trinajstić information content (AvgIpc) is 3.78. The third-order valence-electron chi connectivity index (χ3n) is 8.52. The molecule has 3 aromatic heterocycles. The van der Waals surface area contributed by atoms with Gasteiger partial charge in [0.2, 0.25) is 5.89 Å². The molecule has 0 fully saturated rings. The van der Waals surface area contributed by atoms with Crippen molar-refractivity contribution in [2.75, 3.05) is 15.2 Å². The Labute approximate surface area is 337 Å². The zero-order chi connectivity index (χ0) is 42.0. The van der Waals surface area contributed by atoms with Crippen LogP contribution in [0.15, 0.2) is 172 Å². The lowest BCUT2D eigenvalue weighted by atomic mass is 10.1. The van der Waals surface area contributed by atoms with E-state index in [-0.39, 0.29) is 46.7 Å². The summed E-state index contributed by atoms with van der Waals surface area (Å²) in [6, 6.07) is 36.4. The number of sulfonamides is 2. The summed E-state index contributed by atoms with van der Waals surface area (Å²) < 4.78 is 98.1. The number of nitrogens with two attached hydrogens (primary N) is 1. The second-order valence-electron chi connectivity index (χ2n) is 12.5. The molecule has 0 saturated carbocycles. The molecule has 0 radical (unpaired) electrons. The third kappa shape index (κ3) is 10.2. The first kappa shape index (κ1) is 41.9. The highest BCUT2D eigenvalue weighted by Gasteiger charge is 2.38. The molecule has 0 amide bonds. The maximum Gasteiger partial charge on any atom is 0.470 e. The second kappa shape index (κ2) is 18.2. The molecule has 0 aliphatic heterocycles. The van der Waals surface area contributed by atoms with Crippen LogP contribution in [0.1, 0.15) is 27.4 Å². The van der Waals surface area contributed by atoms with E-state index < -0.39 is 32.1 Å². The fourth-order valence-electron chi connectivity index (χ4n) is 5.53. The lowest BCUT2D eigenvalue weighted by Crippen LogP contribution is -2.30. The first-order valence-electron chi connectivity index (χ1n) is 17.6. The number of carbonyl (C=O) groups excluding carboxylic acids is 1. The van der Waals surface area contributed by atoms with Gasteiger partial charge < -0.3 is 10.2 Å². The number of rotatable bonds is 13. The van der Waals surface area contributed by atoms with Crippen LogP contribution in [0.4, 0.5) is 24.5 Å². The molecular weight excluding hydrogens is 808 g/mol. The molecule has 18 heteroatoms. The highest BCUT2D eigenvalue weighted by Crippen LogP contribution is 2.31. The van der Waals surface area contributed by atoms with Crippen LogP contribution in [0.25, 0.3) is 11.5 Å². The number of nitrogens with zero attached hydrogens (tertiary/aromatic N) is 6. The zero-order valence-corrected chi connectivity index (χ0v) is 32.4. The molecule has 302 valence electrons. The molecule has 0 atom stereocenters. The quantitative estimate of drug-likeness (QED) is 0.116. The van der Waals surface area contributed by atoms with E-state index in [1.807, 2.05) is 6.07 Å². The van der Waals surface area contributed by atoms with Crippen molar-refractivity contribution in [3.8, 4) is 11.5 Å². The summed E-state index contributed by atoms with van der Waals surface area (Å²) in [5.74, 6) is -1.88. The molecule has 0 unspecified atom stereocenters. The summed E-state index contributed by atoms with van der Waals surface area (Å²) in [4.78, 5) is 19.6. The summed E-state index contributed by atoms with van der Waals surface area (Å²) in [5.41, 5.74) is 8.50. The van der Waals surface area contributed by atoms with Crippen LogP contribution in [-0.2, 0) is 39.3 Å². The Morgan fingerprint density at radius 2 is 1.07 bits per heavy atom. The largest absolute Gasteiger partial charge is 0.470 e. The lowest BCUT2D eigenvalue weighted by molar-refractivity contribution is -0.156. The molecule has 0 spiro atoms. The maximum atomic E-state index is 13.3. The van der Waals surface area contributed by atoms with Crippen molar-refractivity contribution in [1.82, 2.24) is 20.2 Å². The third-order valence-corrected chi connectivity index (χ3v) is 12.0. The number of hydrogen-bond acceptors (Lipinski definition) is 11. The summed E-state index contributed by atoms with van der Waals surface area (Å²) in [6.07, 6.45) is 0.865. The molecule has 4 aromatic carbocycles. The molecule has 13 nitrogen and oxygen atoms in total. The van der Waals surface area contributed by atoms with Gasteiger partial charge in [-0.15, -0.1) is 10.2 Å². The molecule has 0 aliphatic carbocycles. The number of Topliss-reactive ketones (excluding diaryl/α,β-unsaturated/α-hetero) is 1. The van der Waals surface area contributed by atoms with Crippen LogP contribution >= 0.6 is 0 Å². The van der Waals surface area contributed by atoms with Gasteiger partial charge in [0, 0.05) is 35.9 Å². The van der Waals surface area contributed by atoms with Gasteiger partial charge in [-0.05, 0) is 71.8 Å². The smallest absolute Gasteiger partial charge is 0.413 e. The van der Waals surface area contributed by atoms with Gasteiger partial charge in [-0.1, -0.05) is 72.8 Å². The Hall–Kier alpha value is -6.76. The van der Waals surface area contributed by atoms with Crippen molar-refractivity contribution < 1.29 is 39.2 Å². The molecule has 0 saturated heterocycles. The molecule has 7 aromatic rings. The minimum Gasteiger partial charge on any atom is -0.413 e. The van der Waals surface area contributed by atoms with Gasteiger partial charge in [-0.3, -0.25) is 23.4 Å². The molecule has 7 rings (SSSR count). The van der Waals surface area contributed by atoms with Crippen molar-refractivity contribution in [1.29, 1.82) is 0 Å². The van der Waals surface area contributed by atoms with Gasteiger partial charge in [0.05, 0.1) is 31.0 Å². The van der Waals surface area contributed by atoms with Gasteiger partial charge >= 0.3 is 12.1 Å². The molecule has 0 bridgehead atoms. The first-order valence-corrected chi connectivity index (χ1v) is 20.4. The van der Waals surface area contributed by atoms with Crippen molar-refractivity contribution in [2.24, 2.45) is 5.73 Å². The predicted octanol–water partition coefficient (Wildman–Crippen LogP) is 7.16. The van der Waals surface area contributed by atoms with Gasteiger partial charge in [0.1, 0.15) is 9.79 Å². The van der Waals surface area contributed by atoms with Crippen LogP contribution in [-0.4, -0.2) is 49.3 Å². The average molecular weight is 842 g/mol. The molecule has 3 heterocycles. The molecular formula is C41H34F3N7O6S2. The zero-order valence-electron chi connectivity index (χ0n) is 30.8. The first-order chi connectivity index (χ1) is 28.3. The summed E-state index contributed by atoms with van der Waals surface area (Å²) in [5, 5.41) is 6.43. The van der Waals surface area contributed by atoms with Gasteiger partial charge in [-0.25, -0.2) is 16.8 Å². The van der Waals surface area contributed by atoms with Crippen molar-refractivity contribution in [3.05, 3.63) is 181 Å². The van der Waals surface area contributed by atoms with Crippen molar-refractivity contribution in [2.45, 2.75) is 29.1 Å². The van der Waals surface area contributed by atoms with Crippen molar-refractivity contribution >= 4 is 37.2 Å². The predicted molar refractivity (Wildman–Crippen MR) is 213 cm³/mol. The highest BCUT2D eigenvalue weighted by atomic mass is 32.2. The number of hydrogen-bond donors (Lipinski definition) is 1. The SMILES string of the molecule is NCC(=O)c1ccc(CN(c2ccccc2)S(=O)(=O)c2cccnc2)cc1.O=S(=O)(c1cccnc1)N(Cc1ccc(-c2nnc(C(F)(F)F)o2)cc1)c1ccccc1. The number of aromatic nitrogens is 4.